The van der Waals surface area contributed by atoms with Crippen LogP contribution in [0.2, 0.25) is 10.0 Å². The summed E-state index contributed by atoms with van der Waals surface area (Å²) in [6.45, 7) is 1.93. The number of methoxy groups -OCH3 is 1. The second-order valence-electron chi connectivity index (χ2n) is 9.24. The van der Waals surface area contributed by atoms with Gasteiger partial charge in [-0.3, -0.25) is 14.4 Å². The number of carbonyl (C=O) groups excluding carboxylic acids is 3. The molecule has 0 saturated carbocycles. The van der Waals surface area contributed by atoms with Crippen molar-refractivity contribution in [2.75, 3.05) is 17.7 Å². The Bertz CT molecular complexity index is 1650. The monoisotopic (exact) mass is 633 g/mol. The number of thioether (sulfide) groups is 1. The molecule has 4 aromatic rings. The molecule has 0 aliphatic carbocycles. The first-order chi connectivity index (χ1) is 20.8. The van der Waals surface area contributed by atoms with Gasteiger partial charge in [-0.2, -0.15) is 0 Å². The molecule has 1 unspecified atom stereocenters. The molecule has 10 heteroatoms. The number of carbonyl (C=O) groups is 3. The van der Waals surface area contributed by atoms with Crippen LogP contribution in [0.4, 0.5) is 11.4 Å². The molecule has 0 aliphatic heterocycles. The highest BCUT2D eigenvalue weighted by atomic mass is 35.5. The molecule has 0 fully saturated rings. The Morgan fingerprint density at radius 1 is 0.860 bits per heavy atom. The van der Waals surface area contributed by atoms with Gasteiger partial charge in [0.05, 0.1) is 22.4 Å². The molecule has 0 aliphatic rings. The van der Waals surface area contributed by atoms with Crippen LogP contribution < -0.4 is 20.7 Å². The van der Waals surface area contributed by atoms with Gasteiger partial charge in [0.15, 0.2) is 0 Å². The second-order valence-corrected chi connectivity index (χ2v) is 11.3. The summed E-state index contributed by atoms with van der Waals surface area (Å²) < 4.78 is 5.24. The highest BCUT2D eigenvalue weighted by Crippen LogP contribution is 2.30. The number of benzene rings is 4. The third-order valence-corrected chi connectivity index (χ3v) is 8.37. The fourth-order valence-corrected chi connectivity index (χ4v) is 5.36. The molecular weight excluding hydrogens is 605 g/mol. The van der Waals surface area contributed by atoms with Gasteiger partial charge in [-0.15, -0.1) is 11.8 Å². The SMILES string of the molecule is CCC(Sc1cccc(NC(=O)/C(=C\c2cccc(Cl)c2Cl)NC(=O)c2ccccc2)c1)C(=O)Nc1cccc(OC)c1. The second kappa shape index (κ2) is 15.3. The molecule has 0 heterocycles. The van der Waals surface area contributed by atoms with Gasteiger partial charge in [-0.1, -0.05) is 72.6 Å². The van der Waals surface area contributed by atoms with Crippen molar-refractivity contribution < 1.29 is 19.1 Å². The van der Waals surface area contributed by atoms with Crippen molar-refractivity contribution >= 4 is 70.1 Å². The van der Waals surface area contributed by atoms with Gasteiger partial charge in [0.2, 0.25) is 5.91 Å². The normalized spacial score (nSPS) is 11.8. The van der Waals surface area contributed by atoms with E-state index in [-0.39, 0.29) is 21.9 Å². The van der Waals surface area contributed by atoms with Crippen LogP contribution in [-0.2, 0) is 9.59 Å². The van der Waals surface area contributed by atoms with Crippen LogP contribution in [0.25, 0.3) is 6.08 Å². The van der Waals surface area contributed by atoms with E-state index in [2.05, 4.69) is 16.0 Å². The summed E-state index contributed by atoms with van der Waals surface area (Å²) in [7, 11) is 1.57. The van der Waals surface area contributed by atoms with Crippen molar-refractivity contribution in [2.45, 2.75) is 23.5 Å². The summed E-state index contributed by atoms with van der Waals surface area (Å²) in [4.78, 5) is 40.2. The quantitative estimate of drug-likeness (QED) is 0.115. The molecule has 0 radical (unpaired) electrons. The Morgan fingerprint density at radius 2 is 1.56 bits per heavy atom. The molecule has 0 bridgehead atoms. The first-order valence-electron chi connectivity index (χ1n) is 13.3. The fraction of sp³-hybridized carbons (Fsp3) is 0.121. The minimum absolute atomic E-state index is 0.0276. The maximum absolute atomic E-state index is 13.5. The van der Waals surface area contributed by atoms with Crippen LogP contribution >= 0.6 is 35.0 Å². The predicted octanol–water partition coefficient (Wildman–Crippen LogP) is 7.92. The van der Waals surface area contributed by atoms with Crippen LogP contribution in [0.3, 0.4) is 0 Å². The van der Waals surface area contributed by atoms with Gasteiger partial charge >= 0.3 is 0 Å². The molecule has 7 nitrogen and oxygen atoms in total. The van der Waals surface area contributed by atoms with E-state index in [0.717, 1.165) is 4.90 Å². The molecule has 4 aromatic carbocycles. The summed E-state index contributed by atoms with van der Waals surface area (Å²) in [5.41, 5.74) is 1.94. The van der Waals surface area contributed by atoms with Crippen molar-refractivity contribution in [1.29, 1.82) is 0 Å². The molecule has 0 saturated heterocycles. The fourth-order valence-electron chi connectivity index (χ4n) is 3.99. The van der Waals surface area contributed by atoms with E-state index in [1.807, 2.05) is 13.0 Å². The highest BCUT2D eigenvalue weighted by Gasteiger charge is 2.20. The van der Waals surface area contributed by atoms with E-state index in [1.54, 1.807) is 98.1 Å². The number of nitrogens with one attached hydrogen (secondary N) is 3. The first-order valence-corrected chi connectivity index (χ1v) is 15.0. The van der Waals surface area contributed by atoms with Gasteiger partial charge in [-0.25, -0.2) is 0 Å². The molecule has 220 valence electrons. The van der Waals surface area contributed by atoms with E-state index in [0.29, 0.717) is 39.7 Å². The van der Waals surface area contributed by atoms with E-state index in [9.17, 15) is 14.4 Å². The lowest BCUT2D eigenvalue weighted by molar-refractivity contribution is -0.116. The van der Waals surface area contributed by atoms with Crippen LogP contribution in [-0.4, -0.2) is 30.1 Å². The number of amides is 3. The summed E-state index contributed by atoms with van der Waals surface area (Å²) in [5, 5.41) is 8.65. The number of hydrogen-bond acceptors (Lipinski definition) is 5. The Balaban J connectivity index is 1.52. The van der Waals surface area contributed by atoms with Crippen LogP contribution in [0.15, 0.2) is 108 Å². The van der Waals surface area contributed by atoms with Crippen molar-refractivity contribution in [1.82, 2.24) is 5.32 Å². The van der Waals surface area contributed by atoms with E-state index >= 15 is 0 Å². The Morgan fingerprint density at radius 3 is 2.28 bits per heavy atom. The lowest BCUT2D eigenvalue weighted by Crippen LogP contribution is -2.30. The average molecular weight is 635 g/mol. The van der Waals surface area contributed by atoms with Gasteiger partial charge in [0.1, 0.15) is 11.4 Å². The van der Waals surface area contributed by atoms with Crippen molar-refractivity contribution in [2.24, 2.45) is 0 Å². The maximum Gasteiger partial charge on any atom is 0.272 e. The highest BCUT2D eigenvalue weighted by molar-refractivity contribution is 8.00. The van der Waals surface area contributed by atoms with Crippen molar-refractivity contribution in [3.63, 3.8) is 0 Å². The smallest absolute Gasteiger partial charge is 0.272 e. The molecule has 3 amide bonds. The maximum atomic E-state index is 13.5. The van der Waals surface area contributed by atoms with Gasteiger partial charge < -0.3 is 20.7 Å². The van der Waals surface area contributed by atoms with Crippen LogP contribution in [0.5, 0.6) is 5.75 Å². The van der Waals surface area contributed by atoms with Crippen LogP contribution in [0, 0.1) is 0 Å². The molecular formula is C33H29Cl2N3O4S. The first kappa shape index (κ1) is 31.7. The number of anilines is 2. The molecule has 43 heavy (non-hydrogen) atoms. The van der Waals surface area contributed by atoms with Gasteiger partial charge in [0, 0.05) is 27.9 Å². The molecule has 0 aromatic heterocycles. The van der Waals surface area contributed by atoms with E-state index < -0.39 is 11.8 Å². The van der Waals surface area contributed by atoms with Gasteiger partial charge in [0.25, 0.3) is 11.8 Å². The van der Waals surface area contributed by atoms with Gasteiger partial charge in [-0.05, 0) is 66.6 Å². The zero-order valence-corrected chi connectivity index (χ0v) is 25.7. The average Bonchev–Trinajstić information content (AvgIpc) is 3.02. The molecule has 1 atom stereocenters. The summed E-state index contributed by atoms with van der Waals surface area (Å²) in [5.74, 6) is -0.530. The largest absolute Gasteiger partial charge is 0.497 e. The number of ether oxygens (including phenoxy) is 1. The molecule has 4 rings (SSSR count). The lowest BCUT2D eigenvalue weighted by atomic mass is 10.1. The third-order valence-electron chi connectivity index (χ3n) is 6.18. The van der Waals surface area contributed by atoms with Crippen LogP contribution in [0.1, 0.15) is 29.3 Å². The Labute approximate surface area is 264 Å². The summed E-state index contributed by atoms with van der Waals surface area (Å²) in [6.07, 6.45) is 2.05. The van der Waals surface area contributed by atoms with Crippen molar-refractivity contribution in [3.05, 3.63) is 124 Å². The third kappa shape index (κ3) is 8.88. The minimum Gasteiger partial charge on any atom is -0.497 e. The van der Waals surface area contributed by atoms with E-state index in [1.165, 1.54) is 17.8 Å². The topological polar surface area (TPSA) is 96.5 Å². The minimum atomic E-state index is -0.565. The number of rotatable bonds is 11. The Kier molecular flexibility index (Phi) is 11.3. The zero-order chi connectivity index (χ0) is 30.8. The zero-order valence-electron chi connectivity index (χ0n) is 23.4. The lowest BCUT2D eigenvalue weighted by Gasteiger charge is -2.16. The summed E-state index contributed by atoms with van der Waals surface area (Å²) in [6, 6.07) is 27.9. The number of halogens is 2. The standard InChI is InChI=1S/C33H29Cl2N3O4S/c1-3-29(33(41)37-23-13-8-15-25(19-23)42-2)43-26-16-9-14-24(20-26)36-32(40)28(18-22-12-7-17-27(34)30(22)35)38-31(39)21-10-5-4-6-11-21/h4-20,29H,3H2,1-2H3,(H,36,40)(H,37,41)(H,38,39)/b28-18+. The Hall–Kier alpha value is -4.24. The summed E-state index contributed by atoms with van der Waals surface area (Å²) >= 11 is 13.9. The number of hydrogen-bond donors (Lipinski definition) is 3. The molecule has 3 N–H and O–H groups in total. The van der Waals surface area contributed by atoms with E-state index in [4.69, 9.17) is 27.9 Å². The predicted molar refractivity (Wildman–Crippen MR) is 175 cm³/mol. The van der Waals surface area contributed by atoms with Crippen molar-refractivity contribution in [3.8, 4) is 5.75 Å². The molecule has 0 spiro atoms.